The van der Waals surface area contributed by atoms with Crippen LogP contribution in [-0.4, -0.2) is 17.5 Å². The zero-order valence-electron chi connectivity index (χ0n) is 20.0. The second kappa shape index (κ2) is 2.22. The monoisotopic (exact) mass is 500 g/mol. The van der Waals surface area contributed by atoms with Gasteiger partial charge in [-0.3, -0.25) is 0 Å². The van der Waals surface area contributed by atoms with E-state index in [1.54, 1.807) is 108 Å². The molecule has 4 unspecified atom stereocenters. The van der Waals surface area contributed by atoms with E-state index >= 15 is 0 Å². The van der Waals surface area contributed by atoms with E-state index in [0.29, 0.717) is 7.92 Å². The maximum atomic E-state index is 2.01. The Hall–Kier alpha value is 0.949. The molecule has 18 aliphatic rings. The van der Waals surface area contributed by atoms with Gasteiger partial charge in [-0.2, -0.15) is 0 Å². The predicted molar refractivity (Wildman–Crippen MR) is 130 cm³/mol. The number of fused-ring (bicyclic) bond motifs is 10. The average Bonchev–Trinajstić information content (AvgIpc) is 3.72. The molecule has 33 heavy (non-hydrogen) atoms. The summed E-state index contributed by atoms with van der Waals surface area (Å²) in [6, 6.07) is 0. The van der Waals surface area contributed by atoms with Crippen LogP contribution in [0, 0.1) is 47.3 Å². The van der Waals surface area contributed by atoms with Crippen molar-refractivity contribution in [2.45, 2.75) is 123 Å². The quantitative estimate of drug-likeness (QED) is 0.267. The first-order valence-electron chi connectivity index (χ1n) is 15.9. The molecule has 0 amide bonds. The van der Waals surface area contributed by atoms with Crippen molar-refractivity contribution in [3.05, 3.63) is 0 Å². The summed E-state index contributed by atoms with van der Waals surface area (Å²) < 4.78 is 1.24. The predicted octanol–water partition coefficient (Wildman–Crippen LogP) is 8.88. The van der Waals surface area contributed by atoms with E-state index in [-0.39, 0.29) is 0 Å². The van der Waals surface area contributed by atoms with Crippen LogP contribution in [0.5, 0.6) is 0 Å². The van der Waals surface area contributed by atoms with Crippen LogP contribution < -0.4 is 0 Å². The molecule has 8 bridgehead atoms. The molecule has 10 heterocycles. The van der Waals surface area contributed by atoms with E-state index in [2.05, 4.69) is 0 Å². The van der Waals surface area contributed by atoms with Crippen LogP contribution >= 0.6 is 7.92 Å². The standard InChI is InChI=1S/C26H36P.C5H5.Fe/c1-2-4-16(3-1)15-27(25-21-7-17-5-18(9-21)10-22(25)8-17)26-23-11-19-6-20(13-23)14-24(26)12-19;1-2-4-5-3-1;/h1-4,17-26H,5-15H2;1-5H;. The summed E-state index contributed by atoms with van der Waals surface area (Å²) in [5, 5.41) is 0. The SMILES string of the molecule is C1C2CC3CC1CC(C2)C3P(C[C]12[CH]3[CH]4[CH]5[CH]1[Fe]45321678[CH]2[CH]1[CH]6[CH]7[CH]28)C1C2CC3CC(C2)CC1C3. The van der Waals surface area contributed by atoms with Gasteiger partial charge in [0, 0.05) is 0 Å². The van der Waals surface area contributed by atoms with Crippen molar-refractivity contribution < 1.29 is 6.51 Å². The molecule has 1 spiro atoms. The van der Waals surface area contributed by atoms with E-state index in [4.69, 9.17) is 0 Å². The molecular formula is C31H41FeP. The summed E-state index contributed by atoms with van der Waals surface area (Å²) in [7, 11) is 0.368. The molecule has 8 saturated carbocycles. The van der Waals surface area contributed by atoms with Gasteiger partial charge in [-0.25, -0.2) is 0 Å². The molecule has 8 aliphatic carbocycles. The first kappa shape index (κ1) is 15.4. The number of rotatable bonds is 4. The molecule has 178 valence electrons. The van der Waals surface area contributed by atoms with Crippen molar-refractivity contribution in [1.29, 1.82) is 0 Å². The van der Waals surface area contributed by atoms with Crippen molar-refractivity contribution in [2.75, 3.05) is 6.16 Å². The molecule has 0 aromatic rings. The molecular weight excluding hydrogens is 459 g/mol. The Balaban J connectivity index is 0.923. The van der Waals surface area contributed by atoms with E-state index in [1.165, 1.54) is 63.0 Å². The molecule has 18 rings (SSSR count). The fourth-order valence-electron chi connectivity index (χ4n) is 26.6. The van der Waals surface area contributed by atoms with Gasteiger partial charge in [0.2, 0.25) is 0 Å². The van der Waals surface area contributed by atoms with Crippen molar-refractivity contribution in [2.24, 2.45) is 47.3 Å². The zero-order chi connectivity index (χ0) is 20.1. The molecule has 0 nitrogen and oxygen atoms in total. The minimum atomic E-state index is -2.93. The fraction of sp³-hybridized carbons (Fsp3) is 1.00. The molecule has 0 aromatic heterocycles. The van der Waals surface area contributed by atoms with Gasteiger partial charge in [-0.15, -0.1) is 0 Å². The maximum absolute atomic E-state index is 2.93. The zero-order valence-corrected chi connectivity index (χ0v) is 22.0. The molecule has 4 atom stereocenters. The van der Waals surface area contributed by atoms with Gasteiger partial charge in [0.1, 0.15) is 0 Å². The van der Waals surface area contributed by atoms with Gasteiger partial charge < -0.3 is 0 Å². The molecule has 0 N–H and O–H groups in total. The molecule has 18 fully saturated rings. The summed E-state index contributed by atoms with van der Waals surface area (Å²) in [6.45, 7) is -2.93. The van der Waals surface area contributed by atoms with E-state index < -0.39 is 6.51 Å². The topological polar surface area (TPSA) is 0 Å². The first-order valence-corrected chi connectivity index (χ1v) is 23.9. The van der Waals surface area contributed by atoms with Gasteiger partial charge in [-0.1, -0.05) is 0 Å². The van der Waals surface area contributed by atoms with Gasteiger partial charge >= 0.3 is 191 Å². The van der Waals surface area contributed by atoms with Crippen LogP contribution in [0.4, 0.5) is 0 Å². The van der Waals surface area contributed by atoms with E-state index in [1.807, 2.05) is 6.16 Å². The van der Waals surface area contributed by atoms with Crippen LogP contribution in [0.2, 0.25) is 47.7 Å². The summed E-state index contributed by atoms with van der Waals surface area (Å²) in [5.41, 5.74) is 2.63. The van der Waals surface area contributed by atoms with Crippen LogP contribution in [0.3, 0.4) is 0 Å². The Morgan fingerprint density at radius 3 is 1.12 bits per heavy atom. The summed E-state index contributed by atoms with van der Waals surface area (Å²) in [5.74, 6) is 9.79. The third-order valence-corrected chi connectivity index (χ3v) is 71.9. The summed E-state index contributed by atoms with van der Waals surface area (Å²) in [6.07, 6.45) is 19.2. The molecule has 0 aromatic carbocycles. The number of hydrogen-bond donors (Lipinski definition) is 0. The van der Waals surface area contributed by atoms with Crippen LogP contribution in [0.25, 0.3) is 0 Å². The average molecular weight is 500 g/mol. The van der Waals surface area contributed by atoms with E-state index in [0.717, 1.165) is 0 Å². The summed E-state index contributed by atoms with van der Waals surface area (Å²) in [4.78, 5) is 14.2. The molecule has 2 heteroatoms. The molecule has 10 aliphatic heterocycles. The molecule has 10 saturated heterocycles. The van der Waals surface area contributed by atoms with Crippen LogP contribution in [-0.2, 0) is 6.51 Å². The second-order valence-corrected chi connectivity index (χ2v) is 46.6. The minimum absolute atomic E-state index is 0.368. The Kier molecular flexibility index (Phi) is 1.04. The van der Waals surface area contributed by atoms with Crippen LogP contribution in [0.15, 0.2) is 0 Å². The second-order valence-electron chi connectivity index (χ2n) is 20.4. The van der Waals surface area contributed by atoms with Crippen molar-refractivity contribution in [3.8, 4) is 0 Å². The Bertz CT molecular complexity index is 1370. The van der Waals surface area contributed by atoms with Crippen molar-refractivity contribution in [3.63, 3.8) is 0 Å². The van der Waals surface area contributed by atoms with Crippen molar-refractivity contribution in [1.82, 2.24) is 0 Å². The fourth-order valence-corrected chi connectivity index (χ4v) is 109. The molecule has 0 radical (unpaired) electrons. The Morgan fingerprint density at radius 2 is 0.848 bits per heavy atom. The van der Waals surface area contributed by atoms with Gasteiger partial charge in [0.05, 0.1) is 0 Å². The normalized spacial score (nSPS) is 102. The Morgan fingerprint density at radius 1 is 0.485 bits per heavy atom. The van der Waals surface area contributed by atoms with Crippen LogP contribution in [0.1, 0.15) is 64.2 Å². The van der Waals surface area contributed by atoms with Crippen molar-refractivity contribution >= 4 is 7.92 Å². The van der Waals surface area contributed by atoms with E-state index in [9.17, 15) is 0 Å². The third kappa shape index (κ3) is 0.394. The summed E-state index contributed by atoms with van der Waals surface area (Å²) >= 11 is 0. The third-order valence-electron chi connectivity index (χ3n) is 24.5. The van der Waals surface area contributed by atoms with Gasteiger partial charge in [-0.05, 0) is 0 Å². The van der Waals surface area contributed by atoms with Gasteiger partial charge in [0.25, 0.3) is 0 Å². The van der Waals surface area contributed by atoms with Gasteiger partial charge in [0.15, 0.2) is 0 Å². The Labute approximate surface area is 190 Å². The number of hydrogen-bond acceptors (Lipinski definition) is 0. The first-order chi connectivity index (χ1) is 16.0.